The van der Waals surface area contributed by atoms with Crippen molar-refractivity contribution in [3.63, 3.8) is 0 Å². The molecule has 0 spiro atoms. The summed E-state index contributed by atoms with van der Waals surface area (Å²) in [6.45, 7) is 8.87. The quantitative estimate of drug-likeness (QED) is 0.916. The van der Waals surface area contributed by atoms with Gasteiger partial charge in [-0.15, -0.1) is 0 Å². The molecule has 2 heterocycles. The Balaban J connectivity index is 1.77. The third-order valence-electron chi connectivity index (χ3n) is 5.35. The second-order valence-corrected chi connectivity index (χ2v) is 7.58. The highest BCUT2D eigenvalue weighted by Crippen LogP contribution is 2.41. The molecule has 1 saturated heterocycles. The van der Waals surface area contributed by atoms with Crippen molar-refractivity contribution in [2.24, 2.45) is 5.92 Å². The van der Waals surface area contributed by atoms with Crippen LogP contribution >= 0.6 is 0 Å². The highest BCUT2D eigenvalue weighted by atomic mass is 16.2. The predicted octanol–water partition coefficient (Wildman–Crippen LogP) is 1.97. The number of hydrogen-bond donors (Lipinski definition) is 1. The lowest BCUT2D eigenvalue weighted by atomic mass is 9.92. The molecule has 2 fully saturated rings. The van der Waals surface area contributed by atoms with Gasteiger partial charge in [0, 0.05) is 25.7 Å². The van der Waals surface area contributed by atoms with Gasteiger partial charge in [-0.2, -0.15) is 5.10 Å². The fraction of sp³-hybridized carbons (Fsp3) is 0.722. The Labute approximate surface area is 143 Å². The largest absolute Gasteiger partial charge is 0.342 e. The molecule has 2 atom stereocenters. The minimum Gasteiger partial charge on any atom is -0.342 e. The van der Waals surface area contributed by atoms with Gasteiger partial charge in [0.25, 0.3) is 0 Å². The summed E-state index contributed by atoms with van der Waals surface area (Å²) in [6.07, 6.45) is 4.02. The van der Waals surface area contributed by atoms with Crippen LogP contribution < -0.4 is 5.32 Å². The Morgan fingerprint density at radius 2 is 2.00 bits per heavy atom. The minimum absolute atomic E-state index is 0.0615. The van der Waals surface area contributed by atoms with E-state index in [2.05, 4.69) is 28.1 Å². The highest BCUT2D eigenvalue weighted by molar-refractivity contribution is 5.91. The van der Waals surface area contributed by atoms with Gasteiger partial charge in [0.05, 0.1) is 11.7 Å². The fourth-order valence-electron chi connectivity index (χ4n) is 4.04. The lowest BCUT2D eigenvalue weighted by molar-refractivity contribution is -0.143. The molecule has 24 heavy (non-hydrogen) atoms. The third kappa shape index (κ3) is 3.19. The Morgan fingerprint density at radius 3 is 2.54 bits per heavy atom. The summed E-state index contributed by atoms with van der Waals surface area (Å²) >= 11 is 0. The van der Waals surface area contributed by atoms with Crippen LogP contribution in [0.5, 0.6) is 0 Å². The van der Waals surface area contributed by atoms with Crippen LogP contribution in [0.25, 0.3) is 0 Å². The Bertz CT molecular complexity index is 649. The summed E-state index contributed by atoms with van der Waals surface area (Å²) in [5.41, 5.74) is 1.39. The normalized spacial score (nSPS) is 23.7. The summed E-state index contributed by atoms with van der Waals surface area (Å²) in [7, 11) is 0. The molecular formula is C18H28N4O2. The van der Waals surface area contributed by atoms with E-state index in [4.69, 9.17) is 0 Å². The lowest BCUT2D eigenvalue weighted by Crippen LogP contribution is -2.60. The van der Waals surface area contributed by atoms with E-state index in [1.807, 2.05) is 18.7 Å². The van der Waals surface area contributed by atoms with Gasteiger partial charge in [-0.1, -0.05) is 0 Å². The summed E-state index contributed by atoms with van der Waals surface area (Å²) in [5.74, 6) is 0.194. The Kier molecular flexibility index (Phi) is 4.40. The van der Waals surface area contributed by atoms with Crippen LogP contribution in [-0.2, 0) is 9.59 Å². The standard InChI is InChI=1S/C18H28N4O2/c1-12-10-13(2)22(20-12)16-6-5-9-21(11-16)17(24)18(4,15-7-8-15)19-14(3)23/h10,15-16H,5-9,11H2,1-4H3,(H,19,23)/t16-,18+/m0/s1. The second-order valence-electron chi connectivity index (χ2n) is 7.58. The van der Waals surface area contributed by atoms with E-state index in [1.165, 1.54) is 6.92 Å². The van der Waals surface area contributed by atoms with Crippen LogP contribution in [-0.4, -0.2) is 45.1 Å². The monoisotopic (exact) mass is 332 g/mol. The minimum atomic E-state index is -0.761. The number of aryl methyl sites for hydroxylation is 2. The van der Waals surface area contributed by atoms with Crippen LogP contribution in [0.2, 0.25) is 0 Å². The first-order chi connectivity index (χ1) is 11.3. The Hall–Kier alpha value is -1.85. The maximum Gasteiger partial charge on any atom is 0.248 e. The van der Waals surface area contributed by atoms with E-state index in [9.17, 15) is 9.59 Å². The second kappa shape index (κ2) is 6.22. The number of rotatable bonds is 4. The van der Waals surface area contributed by atoms with Gasteiger partial charge in [0.1, 0.15) is 5.54 Å². The van der Waals surface area contributed by atoms with Gasteiger partial charge < -0.3 is 10.2 Å². The van der Waals surface area contributed by atoms with Gasteiger partial charge in [0.2, 0.25) is 11.8 Å². The van der Waals surface area contributed by atoms with E-state index in [1.54, 1.807) is 0 Å². The van der Waals surface area contributed by atoms with Crippen molar-refractivity contribution >= 4 is 11.8 Å². The number of carbonyl (C=O) groups excluding carboxylic acids is 2. The molecular weight excluding hydrogens is 304 g/mol. The molecule has 0 radical (unpaired) electrons. The molecule has 1 N–H and O–H groups in total. The first-order valence-corrected chi connectivity index (χ1v) is 8.92. The van der Waals surface area contributed by atoms with Gasteiger partial charge in [0.15, 0.2) is 0 Å². The maximum absolute atomic E-state index is 13.2. The smallest absolute Gasteiger partial charge is 0.248 e. The fourth-order valence-corrected chi connectivity index (χ4v) is 4.04. The van der Waals surface area contributed by atoms with Crippen molar-refractivity contribution in [1.82, 2.24) is 20.0 Å². The number of nitrogens with zero attached hydrogens (tertiary/aromatic N) is 3. The molecule has 0 bridgehead atoms. The van der Waals surface area contributed by atoms with Crippen molar-refractivity contribution in [3.05, 3.63) is 17.5 Å². The van der Waals surface area contributed by atoms with Crippen molar-refractivity contribution in [2.45, 2.75) is 65.0 Å². The average molecular weight is 332 g/mol. The molecule has 1 aliphatic heterocycles. The van der Waals surface area contributed by atoms with Crippen LogP contribution in [0, 0.1) is 19.8 Å². The number of carbonyl (C=O) groups is 2. The average Bonchev–Trinajstić information content (AvgIpc) is 3.31. The molecule has 0 unspecified atom stereocenters. The molecule has 132 valence electrons. The first-order valence-electron chi connectivity index (χ1n) is 8.92. The van der Waals surface area contributed by atoms with Crippen molar-refractivity contribution < 1.29 is 9.59 Å². The van der Waals surface area contributed by atoms with Crippen LogP contribution in [0.15, 0.2) is 6.07 Å². The molecule has 1 saturated carbocycles. The molecule has 6 heteroatoms. The van der Waals surface area contributed by atoms with Crippen molar-refractivity contribution in [1.29, 1.82) is 0 Å². The van der Waals surface area contributed by atoms with E-state index in [0.29, 0.717) is 6.54 Å². The molecule has 0 aromatic carbocycles. The zero-order chi connectivity index (χ0) is 17.5. The topological polar surface area (TPSA) is 67.2 Å². The van der Waals surface area contributed by atoms with Gasteiger partial charge in [-0.05, 0) is 58.4 Å². The molecule has 1 aromatic rings. The zero-order valence-corrected chi connectivity index (χ0v) is 15.1. The first kappa shape index (κ1) is 17.0. The van der Waals surface area contributed by atoms with E-state index < -0.39 is 5.54 Å². The van der Waals surface area contributed by atoms with Gasteiger partial charge in [-0.3, -0.25) is 14.3 Å². The lowest BCUT2D eigenvalue weighted by Gasteiger charge is -2.39. The summed E-state index contributed by atoms with van der Waals surface area (Å²) in [5, 5.41) is 7.53. The molecule has 3 rings (SSSR count). The van der Waals surface area contributed by atoms with E-state index >= 15 is 0 Å². The zero-order valence-electron chi connectivity index (χ0n) is 15.1. The number of hydrogen-bond acceptors (Lipinski definition) is 3. The molecule has 6 nitrogen and oxygen atoms in total. The SMILES string of the molecule is CC(=O)N[C@@](C)(C(=O)N1CCC[C@H](n2nc(C)cc2C)C1)C1CC1. The molecule has 1 aromatic heterocycles. The number of piperidine rings is 1. The third-order valence-corrected chi connectivity index (χ3v) is 5.35. The Morgan fingerprint density at radius 1 is 1.29 bits per heavy atom. The van der Waals surface area contributed by atoms with Crippen molar-refractivity contribution in [2.75, 3.05) is 13.1 Å². The van der Waals surface area contributed by atoms with Crippen LogP contribution in [0.1, 0.15) is 57.0 Å². The summed E-state index contributed by atoms with van der Waals surface area (Å²) in [6, 6.07) is 2.30. The molecule has 2 amide bonds. The number of amides is 2. The predicted molar refractivity (Wildman–Crippen MR) is 91.5 cm³/mol. The van der Waals surface area contributed by atoms with Gasteiger partial charge >= 0.3 is 0 Å². The number of nitrogens with one attached hydrogen (secondary N) is 1. The summed E-state index contributed by atoms with van der Waals surface area (Å²) < 4.78 is 2.06. The van der Waals surface area contributed by atoms with E-state index in [0.717, 1.165) is 43.6 Å². The van der Waals surface area contributed by atoms with Gasteiger partial charge in [-0.25, -0.2) is 0 Å². The van der Waals surface area contributed by atoms with Crippen LogP contribution in [0.4, 0.5) is 0 Å². The number of aromatic nitrogens is 2. The van der Waals surface area contributed by atoms with Crippen LogP contribution in [0.3, 0.4) is 0 Å². The van der Waals surface area contributed by atoms with E-state index in [-0.39, 0.29) is 23.8 Å². The molecule has 2 aliphatic rings. The summed E-state index contributed by atoms with van der Waals surface area (Å²) in [4.78, 5) is 26.7. The maximum atomic E-state index is 13.2. The molecule has 1 aliphatic carbocycles. The highest BCUT2D eigenvalue weighted by Gasteiger charge is 2.50. The number of likely N-dealkylation sites (tertiary alicyclic amines) is 1. The van der Waals surface area contributed by atoms with Crippen molar-refractivity contribution in [3.8, 4) is 0 Å².